The van der Waals surface area contributed by atoms with Gasteiger partial charge in [-0.05, 0) is 56.4 Å². The number of amides is 1. The molecule has 0 fully saturated rings. The van der Waals surface area contributed by atoms with Crippen LogP contribution in [0.15, 0.2) is 53.6 Å². The number of fused-ring (bicyclic) bond motifs is 1. The summed E-state index contributed by atoms with van der Waals surface area (Å²) in [4.78, 5) is 24.4. The van der Waals surface area contributed by atoms with Crippen LogP contribution in [0.1, 0.15) is 52.9 Å². The van der Waals surface area contributed by atoms with Gasteiger partial charge in [-0.1, -0.05) is 30.3 Å². The van der Waals surface area contributed by atoms with Crippen molar-refractivity contribution in [1.29, 1.82) is 0 Å². The van der Waals surface area contributed by atoms with Crippen LogP contribution in [-0.2, 0) is 11.2 Å². The Hall–Kier alpha value is -2.93. The number of aryl methyl sites for hydroxylation is 2. The van der Waals surface area contributed by atoms with E-state index in [0.717, 1.165) is 36.6 Å². The van der Waals surface area contributed by atoms with Crippen LogP contribution in [0.4, 0.5) is 10.2 Å². The zero-order valence-electron chi connectivity index (χ0n) is 17.5. The molecule has 0 saturated carbocycles. The van der Waals surface area contributed by atoms with E-state index in [1.54, 1.807) is 18.3 Å². The minimum atomic E-state index is -0.495. The predicted molar refractivity (Wildman–Crippen MR) is 120 cm³/mol. The molecule has 0 spiro atoms. The number of anilines is 1. The number of halogens is 1. The maximum absolute atomic E-state index is 14.2. The lowest BCUT2D eigenvalue weighted by atomic mass is 9.88. The Morgan fingerprint density at radius 3 is 2.84 bits per heavy atom. The first-order valence-corrected chi connectivity index (χ1v) is 11.3. The van der Waals surface area contributed by atoms with Crippen LogP contribution in [0.2, 0.25) is 0 Å². The average Bonchev–Trinajstić information content (AvgIpc) is 3.12. The van der Waals surface area contributed by atoms with Crippen molar-refractivity contribution in [1.82, 2.24) is 9.78 Å². The van der Waals surface area contributed by atoms with Crippen molar-refractivity contribution in [3.8, 4) is 0 Å². The molecule has 1 heterocycles. The van der Waals surface area contributed by atoms with Gasteiger partial charge < -0.3 is 5.32 Å². The van der Waals surface area contributed by atoms with Crippen molar-refractivity contribution in [3.05, 3.63) is 76.7 Å². The summed E-state index contributed by atoms with van der Waals surface area (Å²) in [5, 5.41) is 7.52. The van der Waals surface area contributed by atoms with Gasteiger partial charge in [-0.25, -0.2) is 9.07 Å². The fourth-order valence-electron chi connectivity index (χ4n) is 3.97. The van der Waals surface area contributed by atoms with E-state index in [2.05, 4.69) is 28.6 Å². The third-order valence-electron chi connectivity index (χ3n) is 5.57. The molecule has 0 radical (unpaired) electrons. The highest BCUT2D eigenvalue weighted by Gasteiger charge is 2.25. The van der Waals surface area contributed by atoms with E-state index in [1.807, 2.05) is 17.7 Å². The number of ketones is 1. The molecule has 1 unspecified atom stereocenters. The van der Waals surface area contributed by atoms with Crippen molar-refractivity contribution < 1.29 is 14.0 Å². The number of hydrogen-bond acceptors (Lipinski definition) is 4. The molecule has 1 aromatic heterocycles. The molecule has 160 valence electrons. The molecule has 0 aliphatic heterocycles. The summed E-state index contributed by atoms with van der Waals surface area (Å²) in [5.41, 5.74) is 3.77. The molecular weight excluding hydrogens is 413 g/mol. The second-order valence-corrected chi connectivity index (χ2v) is 8.78. The minimum absolute atomic E-state index is 0.0577. The zero-order valence-corrected chi connectivity index (χ0v) is 18.3. The number of hydrogen-bond donors (Lipinski definition) is 1. The van der Waals surface area contributed by atoms with Gasteiger partial charge in [0.05, 0.1) is 18.0 Å². The maximum atomic E-state index is 14.2. The maximum Gasteiger partial charge on any atom is 0.235 e. The summed E-state index contributed by atoms with van der Waals surface area (Å²) < 4.78 is 16.1. The van der Waals surface area contributed by atoms with E-state index in [0.29, 0.717) is 16.3 Å². The van der Waals surface area contributed by atoms with Crippen LogP contribution in [0.5, 0.6) is 0 Å². The first kappa shape index (κ1) is 21.3. The third kappa shape index (κ3) is 4.56. The van der Waals surface area contributed by atoms with E-state index in [4.69, 9.17) is 0 Å². The number of nitrogens with one attached hydrogen (secondary N) is 1. The Bertz CT molecular complexity index is 1140. The number of carbonyl (C=O) groups is 2. The Morgan fingerprint density at radius 1 is 1.26 bits per heavy atom. The van der Waals surface area contributed by atoms with Crippen LogP contribution < -0.4 is 5.32 Å². The zero-order chi connectivity index (χ0) is 22.0. The molecule has 0 saturated heterocycles. The lowest BCUT2D eigenvalue weighted by Gasteiger charge is -2.27. The van der Waals surface area contributed by atoms with E-state index >= 15 is 0 Å². The van der Waals surface area contributed by atoms with Crippen molar-refractivity contribution >= 4 is 29.3 Å². The average molecular weight is 438 g/mol. The van der Waals surface area contributed by atoms with E-state index in [9.17, 15) is 14.0 Å². The normalized spacial score (nSPS) is 15.4. The van der Waals surface area contributed by atoms with E-state index < -0.39 is 5.82 Å². The van der Waals surface area contributed by atoms with Crippen molar-refractivity contribution in [2.24, 2.45) is 0 Å². The molecule has 1 aliphatic carbocycles. The molecule has 7 heteroatoms. The van der Waals surface area contributed by atoms with Gasteiger partial charge in [-0.2, -0.15) is 5.10 Å². The van der Waals surface area contributed by atoms with E-state index in [1.165, 1.54) is 24.1 Å². The van der Waals surface area contributed by atoms with Gasteiger partial charge in [0.1, 0.15) is 11.6 Å². The fraction of sp³-hybridized carbons (Fsp3) is 0.292. The summed E-state index contributed by atoms with van der Waals surface area (Å²) in [7, 11) is 0. The minimum Gasteiger partial charge on any atom is -0.310 e. The molecule has 2 aromatic carbocycles. The monoisotopic (exact) mass is 437 g/mol. The second-order valence-electron chi connectivity index (χ2n) is 7.77. The predicted octanol–water partition coefficient (Wildman–Crippen LogP) is 5.19. The smallest absolute Gasteiger partial charge is 0.235 e. The quantitative estimate of drug-likeness (QED) is 0.426. The van der Waals surface area contributed by atoms with Gasteiger partial charge in [-0.3, -0.25) is 9.59 Å². The highest BCUT2D eigenvalue weighted by atomic mass is 32.2. The third-order valence-corrected chi connectivity index (χ3v) is 6.62. The Balaban J connectivity index is 1.48. The molecule has 5 nitrogen and oxygen atoms in total. The molecule has 31 heavy (non-hydrogen) atoms. The van der Waals surface area contributed by atoms with Crippen LogP contribution in [0.25, 0.3) is 0 Å². The summed E-state index contributed by atoms with van der Waals surface area (Å²) in [6.45, 7) is 3.31. The van der Waals surface area contributed by atoms with Crippen molar-refractivity contribution in [2.75, 3.05) is 11.1 Å². The highest BCUT2D eigenvalue weighted by molar-refractivity contribution is 8.00. The molecule has 4 rings (SSSR count). The molecule has 1 atom stereocenters. The summed E-state index contributed by atoms with van der Waals surface area (Å²) in [6.07, 6.45) is 4.85. The summed E-state index contributed by atoms with van der Waals surface area (Å²) in [6, 6.07) is 12.8. The summed E-state index contributed by atoms with van der Waals surface area (Å²) >= 11 is 1.11. The standard InChI is InChI=1S/C24H24FN3O2S/c1-15-13-26-28(21-9-5-7-17-6-3-4-8-19(17)21)24(15)27-23(30)14-31-22-11-10-18(16(2)29)12-20(22)25/h3-4,6,8,10-13,21H,5,7,9,14H2,1-2H3,(H,27,30). The molecule has 1 amide bonds. The number of thioether (sulfide) groups is 1. The van der Waals surface area contributed by atoms with Gasteiger partial charge >= 0.3 is 0 Å². The lowest BCUT2D eigenvalue weighted by molar-refractivity contribution is -0.113. The number of carbonyl (C=O) groups excluding carboxylic acids is 2. The second kappa shape index (κ2) is 9.06. The fourth-order valence-corrected chi connectivity index (χ4v) is 4.69. The lowest BCUT2D eigenvalue weighted by Crippen LogP contribution is -2.23. The van der Waals surface area contributed by atoms with Gasteiger partial charge in [-0.15, -0.1) is 11.8 Å². The number of benzene rings is 2. The van der Waals surface area contributed by atoms with Crippen LogP contribution in [0.3, 0.4) is 0 Å². The first-order chi connectivity index (χ1) is 14.9. The number of Topliss-reactive ketones (excluding diaryl/α,β-unsaturated/α-hetero) is 1. The van der Waals surface area contributed by atoms with E-state index in [-0.39, 0.29) is 23.5 Å². The topological polar surface area (TPSA) is 64.0 Å². The van der Waals surface area contributed by atoms with Crippen molar-refractivity contribution in [3.63, 3.8) is 0 Å². The largest absolute Gasteiger partial charge is 0.310 e. The molecule has 0 bridgehead atoms. The number of rotatable bonds is 6. The van der Waals surface area contributed by atoms with Gasteiger partial charge in [0.2, 0.25) is 5.91 Å². The van der Waals surface area contributed by atoms with Crippen molar-refractivity contribution in [2.45, 2.75) is 44.0 Å². The molecular formula is C24H24FN3O2S. The van der Waals surface area contributed by atoms with Crippen LogP contribution in [-0.4, -0.2) is 27.2 Å². The molecule has 1 aliphatic rings. The number of aromatic nitrogens is 2. The summed E-state index contributed by atoms with van der Waals surface area (Å²) in [5.74, 6) is -0.178. The van der Waals surface area contributed by atoms with Crippen LogP contribution in [0, 0.1) is 12.7 Å². The number of nitrogens with zero attached hydrogens (tertiary/aromatic N) is 2. The molecule has 3 aromatic rings. The SMILES string of the molecule is CC(=O)c1ccc(SCC(=O)Nc2c(C)cnn2C2CCCc3ccccc32)c(F)c1. The Kier molecular flexibility index (Phi) is 6.23. The first-order valence-electron chi connectivity index (χ1n) is 10.3. The van der Waals surface area contributed by atoms with Crippen LogP contribution >= 0.6 is 11.8 Å². The van der Waals surface area contributed by atoms with Gasteiger partial charge in [0.15, 0.2) is 5.78 Å². The van der Waals surface area contributed by atoms with Gasteiger partial charge in [0.25, 0.3) is 0 Å². The molecule has 1 N–H and O–H groups in total. The Labute approximate surface area is 185 Å². The highest BCUT2D eigenvalue weighted by Crippen LogP contribution is 2.35. The van der Waals surface area contributed by atoms with Gasteiger partial charge in [0, 0.05) is 16.0 Å². The Morgan fingerprint density at radius 2 is 2.06 bits per heavy atom.